The minimum atomic E-state index is -0.558. The molecule has 0 unspecified atom stereocenters. The van der Waals surface area contributed by atoms with Crippen LogP contribution in [0.2, 0.25) is 0 Å². The van der Waals surface area contributed by atoms with Crippen molar-refractivity contribution in [2.45, 2.75) is 84.6 Å². The topological polar surface area (TPSA) is 58.2 Å². The smallest absolute Gasteiger partial charge is 0.309 e. The zero-order valence-corrected chi connectivity index (χ0v) is 16.8. The van der Waals surface area contributed by atoms with Gasteiger partial charge in [0.25, 0.3) is 0 Å². The van der Waals surface area contributed by atoms with E-state index in [0.29, 0.717) is 19.0 Å². The first-order valence-corrected chi connectivity index (χ1v) is 10.2. The van der Waals surface area contributed by atoms with E-state index >= 15 is 0 Å². The van der Waals surface area contributed by atoms with Crippen LogP contribution in [0.15, 0.2) is 24.3 Å². The monoisotopic (exact) mass is 360 g/mol. The van der Waals surface area contributed by atoms with E-state index in [-0.39, 0.29) is 0 Å². The number of hydrogen-bond donors (Lipinski definition) is 2. The molecule has 1 aromatic carbocycles. The first-order valence-electron chi connectivity index (χ1n) is 10.2. The molecule has 0 saturated heterocycles. The summed E-state index contributed by atoms with van der Waals surface area (Å²) in [5, 5.41) is 5.38. The fraction of sp³-hybridized carbons (Fsp3) is 0.636. The summed E-state index contributed by atoms with van der Waals surface area (Å²) >= 11 is 0. The number of benzene rings is 1. The molecule has 1 rings (SSSR count). The molecule has 0 spiro atoms. The van der Waals surface area contributed by atoms with Gasteiger partial charge >= 0.3 is 11.8 Å². The van der Waals surface area contributed by atoms with Gasteiger partial charge in [-0.2, -0.15) is 0 Å². The van der Waals surface area contributed by atoms with Crippen molar-refractivity contribution in [3.8, 4) is 0 Å². The number of rotatable bonds is 12. The highest BCUT2D eigenvalue weighted by Gasteiger charge is 2.12. The van der Waals surface area contributed by atoms with Gasteiger partial charge in [0.05, 0.1) is 0 Å². The van der Waals surface area contributed by atoms with Gasteiger partial charge in [-0.25, -0.2) is 0 Å². The maximum absolute atomic E-state index is 11.8. The van der Waals surface area contributed by atoms with Gasteiger partial charge in [-0.3, -0.25) is 9.59 Å². The molecule has 0 aliphatic carbocycles. The third-order valence-corrected chi connectivity index (χ3v) is 4.62. The maximum atomic E-state index is 11.8. The van der Waals surface area contributed by atoms with Gasteiger partial charge in [0.2, 0.25) is 0 Å². The molecule has 4 heteroatoms. The lowest BCUT2D eigenvalue weighted by molar-refractivity contribution is -0.139. The van der Waals surface area contributed by atoms with Crippen molar-refractivity contribution in [2.75, 3.05) is 6.54 Å². The average Bonchev–Trinajstić information content (AvgIpc) is 2.64. The molecule has 26 heavy (non-hydrogen) atoms. The van der Waals surface area contributed by atoms with Crippen molar-refractivity contribution in [3.63, 3.8) is 0 Å². The number of carbonyl (C=O) groups is 2. The second-order valence-corrected chi connectivity index (χ2v) is 7.31. The van der Waals surface area contributed by atoms with Crippen LogP contribution in [0.5, 0.6) is 0 Å². The molecule has 0 bridgehead atoms. The molecule has 4 nitrogen and oxygen atoms in total. The average molecular weight is 361 g/mol. The van der Waals surface area contributed by atoms with E-state index in [0.717, 1.165) is 18.4 Å². The highest BCUT2D eigenvalue weighted by Crippen LogP contribution is 2.14. The fourth-order valence-corrected chi connectivity index (χ4v) is 2.82. The SMILES string of the molecule is CCCCCCCCCCNC(=O)C(=O)NCc1ccc(C(C)C)cc1. The third-order valence-electron chi connectivity index (χ3n) is 4.62. The molecule has 0 radical (unpaired) electrons. The Bertz CT molecular complexity index is 523. The second kappa shape index (κ2) is 13.4. The van der Waals surface area contributed by atoms with Crippen LogP contribution in [0.4, 0.5) is 0 Å². The molecule has 0 saturated carbocycles. The van der Waals surface area contributed by atoms with Gasteiger partial charge in [-0.1, -0.05) is 90.0 Å². The van der Waals surface area contributed by atoms with Crippen molar-refractivity contribution >= 4 is 11.8 Å². The number of unbranched alkanes of at least 4 members (excludes halogenated alkanes) is 7. The lowest BCUT2D eigenvalue weighted by Crippen LogP contribution is -2.39. The standard InChI is InChI=1S/C22H36N2O2/c1-4-5-6-7-8-9-10-11-16-23-21(25)22(26)24-17-19-12-14-20(15-13-19)18(2)3/h12-15,18H,4-11,16-17H2,1-3H3,(H,23,25)(H,24,26). The molecule has 1 aromatic rings. The summed E-state index contributed by atoms with van der Waals surface area (Å²) in [5.41, 5.74) is 2.27. The first kappa shape index (κ1) is 22.2. The zero-order valence-electron chi connectivity index (χ0n) is 16.8. The molecule has 146 valence electrons. The Morgan fingerprint density at radius 2 is 1.35 bits per heavy atom. The summed E-state index contributed by atoms with van der Waals surface area (Å²) in [4.78, 5) is 23.6. The highest BCUT2D eigenvalue weighted by atomic mass is 16.2. The van der Waals surface area contributed by atoms with E-state index in [1.807, 2.05) is 12.1 Å². The lowest BCUT2D eigenvalue weighted by Gasteiger charge is -2.09. The number of amides is 2. The van der Waals surface area contributed by atoms with Crippen LogP contribution in [0, 0.1) is 0 Å². The summed E-state index contributed by atoms with van der Waals surface area (Å²) in [6.07, 6.45) is 9.75. The molecule has 0 atom stereocenters. The molecular weight excluding hydrogens is 324 g/mol. The van der Waals surface area contributed by atoms with Crippen LogP contribution in [-0.4, -0.2) is 18.4 Å². The maximum Gasteiger partial charge on any atom is 0.309 e. The molecule has 0 aliphatic rings. The van der Waals surface area contributed by atoms with Crippen molar-refractivity contribution in [2.24, 2.45) is 0 Å². The largest absolute Gasteiger partial charge is 0.348 e. The third kappa shape index (κ3) is 9.59. The predicted molar refractivity (Wildman–Crippen MR) is 108 cm³/mol. The summed E-state index contributed by atoms with van der Waals surface area (Å²) in [6.45, 7) is 7.47. The quantitative estimate of drug-likeness (QED) is 0.420. The van der Waals surface area contributed by atoms with Crippen molar-refractivity contribution in [1.29, 1.82) is 0 Å². The van der Waals surface area contributed by atoms with E-state index in [2.05, 4.69) is 43.5 Å². The summed E-state index contributed by atoms with van der Waals surface area (Å²) < 4.78 is 0. The Morgan fingerprint density at radius 3 is 1.92 bits per heavy atom. The Morgan fingerprint density at radius 1 is 0.808 bits per heavy atom. The van der Waals surface area contributed by atoms with E-state index in [9.17, 15) is 9.59 Å². The predicted octanol–water partition coefficient (Wildman–Crippen LogP) is 4.68. The normalized spacial score (nSPS) is 10.8. The number of carbonyl (C=O) groups excluding carboxylic acids is 2. The lowest BCUT2D eigenvalue weighted by atomic mass is 10.0. The Balaban J connectivity index is 2.10. The molecule has 2 amide bonds. The Kier molecular flexibility index (Phi) is 11.4. The Hall–Kier alpha value is -1.84. The molecule has 2 N–H and O–H groups in total. The molecule has 0 heterocycles. The zero-order chi connectivity index (χ0) is 19.2. The van der Waals surface area contributed by atoms with Gasteiger partial charge in [0.1, 0.15) is 0 Å². The minimum Gasteiger partial charge on any atom is -0.348 e. The number of nitrogens with one attached hydrogen (secondary N) is 2. The second-order valence-electron chi connectivity index (χ2n) is 7.31. The highest BCUT2D eigenvalue weighted by molar-refractivity contribution is 6.35. The Labute approximate surface area is 159 Å². The van der Waals surface area contributed by atoms with Crippen LogP contribution in [0.1, 0.15) is 89.2 Å². The van der Waals surface area contributed by atoms with Crippen LogP contribution in [0.25, 0.3) is 0 Å². The molecule has 0 aliphatic heterocycles. The van der Waals surface area contributed by atoms with E-state index in [1.165, 1.54) is 44.1 Å². The van der Waals surface area contributed by atoms with Crippen molar-refractivity contribution in [3.05, 3.63) is 35.4 Å². The first-order chi connectivity index (χ1) is 12.5. The van der Waals surface area contributed by atoms with Crippen molar-refractivity contribution < 1.29 is 9.59 Å². The van der Waals surface area contributed by atoms with Crippen molar-refractivity contribution in [1.82, 2.24) is 10.6 Å². The summed E-state index contributed by atoms with van der Waals surface area (Å²) in [6, 6.07) is 8.12. The van der Waals surface area contributed by atoms with E-state index in [1.54, 1.807) is 0 Å². The van der Waals surface area contributed by atoms with Gasteiger partial charge in [-0.05, 0) is 23.5 Å². The van der Waals surface area contributed by atoms with Crippen LogP contribution in [-0.2, 0) is 16.1 Å². The summed E-state index contributed by atoms with van der Waals surface area (Å²) in [7, 11) is 0. The van der Waals surface area contributed by atoms with E-state index in [4.69, 9.17) is 0 Å². The number of hydrogen-bond acceptors (Lipinski definition) is 2. The minimum absolute atomic E-state index is 0.377. The van der Waals surface area contributed by atoms with Crippen LogP contribution < -0.4 is 10.6 Å². The summed E-state index contributed by atoms with van der Waals surface area (Å²) in [5.74, 6) is -0.606. The van der Waals surface area contributed by atoms with Gasteiger partial charge in [0.15, 0.2) is 0 Å². The molecular formula is C22H36N2O2. The van der Waals surface area contributed by atoms with Gasteiger partial charge in [-0.15, -0.1) is 0 Å². The van der Waals surface area contributed by atoms with Gasteiger partial charge in [0, 0.05) is 13.1 Å². The van der Waals surface area contributed by atoms with E-state index < -0.39 is 11.8 Å². The van der Waals surface area contributed by atoms with Crippen LogP contribution in [0.3, 0.4) is 0 Å². The van der Waals surface area contributed by atoms with Crippen LogP contribution >= 0.6 is 0 Å². The van der Waals surface area contributed by atoms with Gasteiger partial charge < -0.3 is 10.6 Å². The molecule has 0 fully saturated rings. The fourth-order valence-electron chi connectivity index (χ4n) is 2.82. The molecule has 0 aromatic heterocycles.